The molecule has 0 aliphatic heterocycles. The molecular weight excluding hydrogens is 442 g/mol. The highest BCUT2D eigenvalue weighted by atomic mass is 32.2. The van der Waals surface area contributed by atoms with Gasteiger partial charge in [0.25, 0.3) is 11.6 Å². The maximum Gasteiger partial charge on any atom is 0.345 e. The molecule has 0 radical (unpaired) electrons. The quantitative estimate of drug-likeness (QED) is 0.296. The highest BCUT2D eigenvalue weighted by molar-refractivity contribution is 7.90. The van der Waals surface area contributed by atoms with Crippen LogP contribution < -0.4 is 14.8 Å². The number of nitro groups is 1. The van der Waals surface area contributed by atoms with Crippen molar-refractivity contribution in [3.63, 3.8) is 0 Å². The lowest BCUT2D eigenvalue weighted by Crippen LogP contribution is -2.29. The Bertz CT molecular complexity index is 1090. The molecule has 2 aromatic rings. The highest BCUT2D eigenvalue weighted by Crippen LogP contribution is 2.28. The number of nitro benzene ring substituents is 1. The first-order chi connectivity index (χ1) is 15.1. The topological polar surface area (TPSA) is 147 Å². The van der Waals surface area contributed by atoms with Crippen molar-refractivity contribution in [2.45, 2.75) is 19.5 Å². The van der Waals surface area contributed by atoms with Gasteiger partial charge in [-0.2, -0.15) is 0 Å². The van der Waals surface area contributed by atoms with E-state index in [-0.39, 0.29) is 29.3 Å². The van der Waals surface area contributed by atoms with Crippen LogP contribution in [-0.2, 0) is 21.1 Å². The molecule has 0 amide bonds. The van der Waals surface area contributed by atoms with Crippen molar-refractivity contribution in [1.29, 1.82) is 0 Å². The number of hydrogen-bond donors (Lipinski definition) is 1. The third-order valence-corrected chi connectivity index (χ3v) is 5.37. The number of nitrogens with one attached hydrogen (secondary N) is 1. The van der Waals surface area contributed by atoms with Gasteiger partial charge in [-0.3, -0.25) is 10.1 Å². The van der Waals surface area contributed by atoms with Crippen LogP contribution in [0, 0.1) is 10.1 Å². The van der Waals surface area contributed by atoms with Crippen LogP contribution in [0.15, 0.2) is 30.3 Å². The van der Waals surface area contributed by atoms with E-state index in [9.17, 15) is 23.3 Å². The standard InChI is InChI=1S/C20H25N3O8S/c1-5-31-19-17(29-2)10-9-14(22-19)15(12-32(4,27)28)21-11-13-7-6-8-16(23(25)26)18(13)20(24)30-3/h6-10,15,21H,5,11-12H2,1-4H3/t15-/m1/s1. The highest BCUT2D eigenvalue weighted by Gasteiger charge is 2.26. The van der Waals surface area contributed by atoms with Crippen LogP contribution in [-0.4, -0.2) is 57.1 Å². The first-order valence-electron chi connectivity index (χ1n) is 9.54. The number of hydrogen-bond acceptors (Lipinski definition) is 10. The average Bonchev–Trinajstić information content (AvgIpc) is 2.75. The number of benzene rings is 1. The fourth-order valence-corrected chi connectivity index (χ4v) is 3.93. The molecule has 0 fully saturated rings. The Balaban J connectivity index is 2.44. The molecule has 2 rings (SSSR count). The van der Waals surface area contributed by atoms with Crippen molar-refractivity contribution in [3.8, 4) is 11.6 Å². The van der Waals surface area contributed by atoms with Gasteiger partial charge in [0.1, 0.15) is 15.4 Å². The maximum absolute atomic E-state index is 12.2. The van der Waals surface area contributed by atoms with Crippen LogP contribution >= 0.6 is 0 Å². The monoisotopic (exact) mass is 467 g/mol. The number of pyridine rings is 1. The molecule has 32 heavy (non-hydrogen) atoms. The van der Waals surface area contributed by atoms with Gasteiger partial charge in [0.15, 0.2) is 5.75 Å². The largest absolute Gasteiger partial charge is 0.491 e. The zero-order valence-electron chi connectivity index (χ0n) is 18.2. The Kier molecular flexibility index (Phi) is 8.49. The molecule has 0 spiro atoms. The fraction of sp³-hybridized carbons (Fsp3) is 0.400. The summed E-state index contributed by atoms with van der Waals surface area (Å²) >= 11 is 0. The Hall–Kier alpha value is -3.25. The predicted octanol–water partition coefficient (Wildman–Crippen LogP) is 2.06. The third kappa shape index (κ3) is 6.37. The lowest BCUT2D eigenvalue weighted by Gasteiger charge is -2.20. The van der Waals surface area contributed by atoms with Gasteiger partial charge in [-0.1, -0.05) is 12.1 Å². The van der Waals surface area contributed by atoms with Crippen molar-refractivity contribution < 1.29 is 32.3 Å². The lowest BCUT2D eigenvalue weighted by molar-refractivity contribution is -0.385. The Morgan fingerprint density at radius 3 is 2.53 bits per heavy atom. The minimum Gasteiger partial charge on any atom is -0.491 e. The molecular formula is C20H25N3O8S. The van der Waals surface area contributed by atoms with E-state index in [1.165, 1.54) is 25.3 Å². The minimum atomic E-state index is -3.44. The van der Waals surface area contributed by atoms with E-state index >= 15 is 0 Å². The summed E-state index contributed by atoms with van der Waals surface area (Å²) in [6, 6.07) is 6.57. The van der Waals surface area contributed by atoms with Crippen LogP contribution in [0.3, 0.4) is 0 Å². The van der Waals surface area contributed by atoms with E-state index in [1.807, 2.05) is 0 Å². The van der Waals surface area contributed by atoms with E-state index in [1.54, 1.807) is 19.1 Å². The van der Waals surface area contributed by atoms with Gasteiger partial charge >= 0.3 is 5.97 Å². The molecule has 1 N–H and O–H groups in total. The molecule has 1 aromatic carbocycles. The summed E-state index contributed by atoms with van der Waals surface area (Å²) in [5.41, 5.74) is 0.0353. The summed E-state index contributed by atoms with van der Waals surface area (Å²) in [5.74, 6) is -0.575. The smallest absolute Gasteiger partial charge is 0.345 e. The molecule has 12 heteroatoms. The molecule has 1 aromatic heterocycles. The Labute approximate surface area is 185 Å². The van der Waals surface area contributed by atoms with Gasteiger partial charge in [-0.05, 0) is 24.6 Å². The van der Waals surface area contributed by atoms with Crippen LogP contribution in [0.1, 0.15) is 34.6 Å². The summed E-state index contributed by atoms with van der Waals surface area (Å²) in [6.45, 7) is 2.05. The molecule has 0 unspecified atom stereocenters. The summed E-state index contributed by atoms with van der Waals surface area (Å²) in [5, 5.41) is 14.4. The van der Waals surface area contributed by atoms with Crippen molar-refractivity contribution in [2.75, 3.05) is 32.8 Å². The van der Waals surface area contributed by atoms with Crippen LogP contribution in [0.5, 0.6) is 11.6 Å². The third-order valence-electron chi connectivity index (χ3n) is 4.43. The minimum absolute atomic E-state index is 0.0516. The van der Waals surface area contributed by atoms with Gasteiger partial charge in [-0.15, -0.1) is 0 Å². The van der Waals surface area contributed by atoms with Crippen LogP contribution in [0.25, 0.3) is 0 Å². The first kappa shape index (κ1) is 25.0. The molecule has 0 saturated heterocycles. The number of aromatic nitrogens is 1. The maximum atomic E-state index is 12.2. The summed E-state index contributed by atoms with van der Waals surface area (Å²) in [4.78, 5) is 27.3. The number of ether oxygens (including phenoxy) is 3. The Morgan fingerprint density at radius 1 is 1.25 bits per heavy atom. The van der Waals surface area contributed by atoms with E-state index in [0.717, 1.165) is 13.4 Å². The van der Waals surface area contributed by atoms with Crippen LogP contribution in [0.2, 0.25) is 0 Å². The zero-order valence-corrected chi connectivity index (χ0v) is 19.0. The molecule has 0 aliphatic rings. The van der Waals surface area contributed by atoms with E-state index in [2.05, 4.69) is 10.3 Å². The van der Waals surface area contributed by atoms with Gasteiger partial charge < -0.3 is 19.5 Å². The average molecular weight is 468 g/mol. The molecule has 0 bridgehead atoms. The molecule has 1 atom stereocenters. The fourth-order valence-electron chi connectivity index (χ4n) is 3.04. The molecule has 1 heterocycles. The van der Waals surface area contributed by atoms with E-state index in [4.69, 9.17) is 14.2 Å². The van der Waals surface area contributed by atoms with Gasteiger partial charge in [0, 0.05) is 18.9 Å². The van der Waals surface area contributed by atoms with Crippen LogP contribution in [0.4, 0.5) is 5.69 Å². The second kappa shape index (κ2) is 10.9. The normalized spacial score (nSPS) is 12.1. The van der Waals surface area contributed by atoms with Gasteiger partial charge in [0.05, 0.1) is 43.2 Å². The zero-order chi connectivity index (χ0) is 23.9. The van der Waals surface area contributed by atoms with E-state index in [0.29, 0.717) is 18.1 Å². The van der Waals surface area contributed by atoms with Gasteiger partial charge in [0.2, 0.25) is 0 Å². The summed E-state index contributed by atoms with van der Waals surface area (Å²) < 4.78 is 39.5. The SMILES string of the molecule is CCOc1nc([C@@H](CS(C)(=O)=O)NCc2cccc([N+](=O)[O-])c2C(=O)OC)ccc1OC. The molecule has 0 aliphatic carbocycles. The second-order valence-corrected chi connectivity index (χ2v) is 8.95. The van der Waals surface area contributed by atoms with Crippen molar-refractivity contribution in [1.82, 2.24) is 10.3 Å². The number of rotatable bonds is 11. The van der Waals surface area contributed by atoms with Gasteiger partial charge in [-0.25, -0.2) is 18.2 Å². The number of sulfone groups is 1. The number of esters is 1. The Morgan fingerprint density at radius 2 is 1.97 bits per heavy atom. The summed E-state index contributed by atoms with van der Waals surface area (Å²) in [7, 11) is -0.859. The number of carbonyl (C=O) groups excluding carboxylic acids is 1. The van der Waals surface area contributed by atoms with Crippen molar-refractivity contribution >= 4 is 21.5 Å². The first-order valence-corrected chi connectivity index (χ1v) is 11.6. The molecule has 11 nitrogen and oxygen atoms in total. The predicted molar refractivity (Wildman–Crippen MR) is 116 cm³/mol. The second-order valence-electron chi connectivity index (χ2n) is 6.76. The number of nitrogens with zero attached hydrogens (tertiary/aromatic N) is 2. The number of methoxy groups -OCH3 is 2. The van der Waals surface area contributed by atoms with E-state index < -0.39 is 32.5 Å². The van der Waals surface area contributed by atoms with Crippen molar-refractivity contribution in [3.05, 3.63) is 57.3 Å². The molecule has 0 saturated carbocycles. The lowest BCUT2D eigenvalue weighted by atomic mass is 10.0. The van der Waals surface area contributed by atoms with Crippen molar-refractivity contribution in [2.24, 2.45) is 0 Å². The number of carbonyl (C=O) groups is 1. The molecule has 174 valence electrons. The summed E-state index contributed by atoms with van der Waals surface area (Å²) in [6.07, 6.45) is 1.09.